The molecular formula is C44H32N3S+. The normalized spacial score (nSPS) is 17.4. The van der Waals surface area contributed by atoms with Crippen LogP contribution < -0.4 is 10.6 Å². The van der Waals surface area contributed by atoms with Crippen LogP contribution in [0.5, 0.6) is 0 Å². The van der Waals surface area contributed by atoms with Crippen LogP contribution in [0.4, 0.5) is 11.4 Å². The Morgan fingerprint density at radius 2 is 1.42 bits per heavy atom. The van der Waals surface area contributed by atoms with Crippen LogP contribution in [0.1, 0.15) is 34.6 Å². The van der Waals surface area contributed by atoms with Gasteiger partial charge < -0.3 is 15.2 Å². The highest BCUT2D eigenvalue weighted by molar-refractivity contribution is 7.19. The number of fused-ring (bicyclic) bond motifs is 10. The number of hydrogen-bond donors (Lipinski definition) is 2. The number of quaternary nitrogens is 1. The molecule has 11 rings (SSSR count). The Morgan fingerprint density at radius 3 is 2.25 bits per heavy atom. The SMILES string of the molecule is C1=Cc2c(sc3ccc(-c4ccc5c6cc(-c7ccccc7)ccc6n6c5c4C4[NH2+]c5cc(-c7ccccc7)ccc5NC46)cc23)CC1. The zero-order valence-electron chi connectivity index (χ0n) is 26.3. The molecule has 6 aromatic carbocycles. The summed E-state index contributed by atoms with van der Waals surface area (Å²) in [6.07, 6.45) is 7.08. The number of nitrogens with one attached hydrogen (secondary N) is 1. The molecule has 2 aromatic heterocycles. The highest BCUT2D eigenvalue weighted by atomic mass is 32.1. The lowest BCUT2D eigenvalue weighted by Crippen LogP contribution is -2.82. The molecule has 4 heterocycles. The van der Waals surface area contributed by atoms with Crippen LogP contribution in [0.15, 0.2) is 133 Å². The molecule has 48 heavy (non-hydrogen) atoms. The number of hydrogen-bond acceptors (Lipinski definition) is 2. The van der Waals surface area contributed by atoms with Gasteiger partial charge >= 0.3 is 0 Å². The van der Waals surface area contributed by atoms with E-state index in [0.29, 0.717) is 0 Å². The van der Waals surface area contributed by atoms with Crippen molar-refractivity contribution >= 4 is 60.7 Å². The molecule has 1 aliphatic carbocycles. The molecule has 2 aliphatic heterocycles. The number of allylic oxidation sites excluding steroid dienone is 1. The Hall–Kier alpha value is -5.42. The lowest BCUT2D eigenvalue weighted by Gasteiger charge is -2.30. The first-order valence-corrected chi connectivity index (χ1v) is 17.8. The fourth-order valence-electron chi connectivity index (χ4n) is 8.62. The Labute approximate surface area is 282 Å². The topological polar surface area (TPSA) is 33.6 Å². The number of thiophene rings is 1. The smallest absolute Gasteiger partial charge is 0.162 e. The van der Waals surface area contributed by atoms with E-state index in [1.54, 1.807) is 0 Å². The maximum atomic E-state index is 4.04. The summed E-state index contributed by atoms with van der Waals surface area (Å²) in [5.41, 5.74) is 15.6. The third-order valence-corrected chi connectivity index (χ3v) is 12.1. The maximum Gasteiger partial charge on any atom is 0.162 e. The molecule has 3 nitrogen and oxygen atoms in total. The van der Waals surface area contributed by atoms with Gasteiger partial charge in [0.15, 0.2) is 17.9 Å². The quantitative estimate of drug-likeness (QED) is 0.186. The summed E-state index contributed by atoms with van der Waals surface area (Å²) in [5, 5.41) is 10.6. The molecule has 0 amide bonds. The number of aromatic nitrogens is 1. The number of anilines is 1. The summed E-state index contributed by atoms with van der Waals surface area (Å²) >= 11 is 1.97. The number of nitrogens with two attached hydrogens (primary N) is 1. The van der Waals surface area contributed by atoms with Gasteiger partial charge in [-0.1, -0.05) is 103 Å². The van der Waals surface area contributed by atoms with E-state index < -0.39 is 0 Å². The van der Waals surface area contributed by atoms with Gasteiger partial charge in [0.2, 0.25) is 0 Å². The van der Waals surface area contributed by atoms with Crippen molar-refractivity contribution in [1.29, 1.82) is 0 Å². The standard InChI is InChI=1S/C44H31N3S/c1-3-9-26(10-4-1)28-16-21-38-34(23-28)33-19-18-31(30-17-22-40-35(24-30)32-13-7-8-14-39(32)48-40)41-42-44(47(38)43(33)41)46-36-20-15-29(25-37(36)45-42)27-11-5-2-6-12-27/h1-7,9-13,15-25,42,44-46H,8,14H2/p+1. The van der Waals surface area contributed by atoms with Crippen LogP contribution in [0.2, 0.25) is 0 Å². The molecule has 3 N–H and O–H groups in total. The van der Waals surface area contributed by atoms with E-state index in [2.05, 4.69) is 155 Å². The van der Waals surface area contributed by atoms with E-state index in [1.165, 1.54) is 92.7 Å². The van der Waals surface area contributed by atoms with Gasteiger partial charge in [-0.25, -0.2) is 0 Å². The first-order chi connectivity index (χ1) is 23.8. The van der Waals surface area contributed by atoms with Gasteiger partial charge in [-0.15, -0.1) is 11.3 Å². The molecule has 3 aliphatic rings. The fourth-order valence-corrected chi connectivity index (χ4v) is 9.80. The van der Waals surface area contributed by atoms with Gasteiger partial charge in [-0.3, -0.25) is 0 Å². The molecule has 0 bridgehead atoms. The molecule has 2 atom stereocenters. The predicted molar refractivity (Wildman–Crippen MR) is 202 cm³/mol. The summed E-state index contributed by atoms with van der Waals surface area (Å²) in [6.45, 7) is 0. The van der Waals surface area contributed by atoms with Crippen LogP contribution in [0.25, 0.3) is 71.3 Å². The van der Waals surface area contributed by atoms with Crippen molar-refractivity contribution in [2.45, 2.75) is 25.0 Å². The van der Waals surface area contributed by atoms with Crippen molar-refractivity contribution in [3.05, 3.63) is 149 Å². The van der Waals surface area contributed by atoms with Crippen molar-refractivity contribution < 1.29 is 5.32 Å². The number of nitrogens with zero attached hydrogens (tertiary/aromatic N) is 1. The second-order valence-electron chi connectivity index (χ2n) is 13.4. The van der Waals surface area contributed by atoms with E-state index in [9.17, 15) is 0 Å². The molecule has 4 heteroatoms. The average Bonchev–Trinajstić information content (AvgIpc) is 3.80. The van der Waals surface area contributed by atoms with Gasteiger partial charge in [0.25, 0.3) is 0 Å². The zero-order valence-corrected chi connectivity index (χ0v) is 27.1. The second kappa shape index (κ2) is 10.0. The van der Waals surface area contributed by atoms with Gasteiger partial charge in [-0.2, -0.15) is 0 Å². The van der Waals surface area contributed by atoms with Crippen molar-refractivity contribution in [3.63, 3.8) is 0 Å². The van der Waals surface area contributed by atoms with E-state index >= 15 is 0 Å². The monoisotopic (exact) mass is 634 g/mol. The summed E-state index contributed by atoms with van der Waals surface area (Å²) in [5.74, 6) is 0. The number of benzene rings is 6. The Bertz CT molecular complexity index is 2630. The molecule has 8 aromatic rings. The lowest BCUT2D eigenvalue weighted by molar-refractivity contribution is -0.624. The van der Waals surface area contributed by atoms with Gasteiger partial charge in [-0.05, 0) is 82.1 Å². The predicted octanol–water partition coefficient (Wildman–Crippen LogP) is 10.8. The minimum Gasteiger partial charge on any atom is -0.355 e. The minimum absolute atomic E-state index is 0.0966. The van der Waals surface area contributed by atoms with Crippen molar-refractivity contribution in [3.8, 4) is 33.4 Å². The molecule has 2 unspecified atom stereocenters. The van der Waals surface area contributed by atoms with Crippen LogP contribution in [0, 0.1) is 0 Å². The molecule has 0 fully saturated rings. The Kier molecular flexibility index (Phi) is 5.57. The van der Waals surface area contributed by atoms with Gasteiger partial charge in [0, 0.05) is 37.4 Å². The third kappa shape index (κ3) is 3.79. The summed E-state index contributed by atoms with van der Waals surface area (Å²) in [6, 6.07) is 47.6. The van der Waals surface area contributed by atoms with Crippen LogP contribution in [-0.2, 0) is 6.42 Å². The highest BCUT2D eigenvalue weighted by Crippen LogP contribution is 2.51. The first kappa shape index (κ1) is 26.6. The first-order valence-electron chi connectivity index (χ1n) is 17.0. The molecule has 0 saturated carbocycles. The molecule has 228 valence electrons. The van der Waals surface area contributed by atoms with E-state index in [1.807, 2.05) is 11.3 Å². The van der Waals surface area contributed by atoms with Crippen LogP contribution >= 0.6 is 11.3 Å². The lowest BCUT2D eigenvalue weighted by atomic mass is 9.90. The fraction of sp³-hybridized carbons (Fsp3) is 0.0909. The second-order valence-corrected chi connectivity index (χ2v) is 14.6. The largest absolute Gasteiger partial charge is 0.355 e. The summed E-state index contributed by atoms with van der Waals surface area (Å²) < 4.78 is 3.99. The highest BCUT2D eigenvalue weighted by Gasteiger charge is 2.44. The molecular weight excluding hydrogens is 603 g/mol. The van der Waals surface area contributed by atoms with Gasteiger partial charge in [0.1, 0.15) is 0 Å². The number of aryl methyl sites for hydroxylation is 1. The maximum absolute atomic E-state index is 4.04. The Morgan fingerprint density at radius 1 is 0.667 bits per heavy atom. The van der Waals surface area contributed by atoms with E-state index in [4.69, 9.17) is 0 Å². The van der Waals surface area contributed by atoms with Crippen LogP contribution in [-0.4, -0.2) is 4.57 Å². The van der Waals surface area contributed by atoms with Crippen molar-refractivity contribution in [2.24, 2.45) is 0 Å². The van der Waals surface area contributed by atoms with E-state index in [0.717, 1.165) is 12.8 Å². The Balaban J connectivity index is 1.14. The van der Waals surface area contributed by atoms with Gasteiger partial charge in [0.05, 0.1) is 16.7 Å². The van der Waals surface area contributed by atoms with Crippen molar-refractivity contribution in [2.75, 3.05) is 5.32 Å². The van der Waals surface area contributed by atoms with Crippen LogP contribution in [0.3, 0.4) is 0 Å². The van der Waals surface area contributed by atoms with Crippen molar-refractivity contribution in [1.82, 2.24) is 4.57 Å². The number of rotatable bonds is 3. The summed E-state index contributed by atoms with van der Waals surface area (Å²) in [4.78, 5) is 1.52. The molecule has 0 saturated heterocycles. The average molecular weight is 635 g/mol. The van der Waals surface area contributed by atoms with E-state index in [-0.39, 0.29) is 12.2 Å². The zero-order chi connectivity index (χ0) is 31.3. The molecule has 0 spiro atoms. The minimum atomic E-state index is 0.0966. The summed E-state index contributed by atoms with van der Waals surface area (Å²) in [7, 11) is 0. The molecule has 0 radical (unpaired) electrons. The third-order valence-electron chi connectivity index (χ3n) is 10.8.